The van der Waals surface area contributed by atoms with Crippen LogP contribution in [0, 0.1) is 23.2 Å². The van der Waals surface area contributed by atoms with E-state index in [0.29, 0.717) is 11.6 Å². The molecule has 0 aliphatic carbocycles. The van der Waals surface area contributed by atoms with Crippen molar-refractivity contribution in [1.82, 2.24) is 4.90 Å². The highest BCUT2D eigenvalue weighted by Crippen LogP contribution is 2.31. The minimum Gasteiger partial charge on any atom is -0.387 e. The Hall–Kier alpha value is -1.93. The summed E-state index contributed by atoms with van der Waals surface area (Å²) < 4.78 is 0. The van der Waals surface area contributed by atoms with Gasteiger partial charge in [0.2, 0.25) is 5.91 Å². The maximum absolute atomic E-state index is 12.6. The average Bonchev–Trinajstić information content (AvgIpc) is 3.11. The Morgan fingerprint density at radius 2 is 2.04 bits per heavy atom. The number of nitriles is 1. The molecule has 1 amide bonds. The van der Waals surface area contributed by atoms with Crippen LogP contribution < -0.4 is 10.2 Å². The van der Waals surface area contributed by atoms with Crippen LogP contribution in [0.25, 0.3) is 0 Å². The van der Waals surface area contributed by atoms with Gasteiger partial charge in [-0.3, -0.25) is 4.79 Å². The first kappa shape index (κ1) is 16.9. The predicted octanol–water partition coefficient (Wildman–Crippen LogP) is 2.97. The van der Waals surface area contributed by atoms with Gasteiger partial charge in [0.15, 0.2) is 0 Å². The van der Waals surface area contributed by atoms with E-state index in [1.165, 1.54) is 0 Å². The molecule has 128 valence electrons. The first-order valence-corrected chi connectivity index (χ1v) is 8.91. The van der Waals surface area contributed by atoms with Crippen molar-refractivity contribution in [2.45, 2.75) is 19.3 Å². The Morgan fingerprint density at radius 1 is 1.29 bits per heavy atom. The van der Waals surface area contributed by atoms with Gasteiger partial charge in [-0.05, 0) is 37.5 Å². The monoisotopic (exact) mass is 346 g/mol. The molecule has 1 aromatic carbocycles. The maximum Gasteiger partial charge on any atom is 0.225 e. The van der Waals surface area contributed by atoms with E-state index >= 15 is 0 Å². The zero-order valence-corrected chi connectivity index (χ0v) is 14.7. The topological polar surface area (TPSA) is 59.4 Å². The number of benzene rings is 1. The molecule has 0 spiro atoms. The van der Waals surface area contributed by atoms with E-state index in [-0.39, 0.29) is 17.7 Å². The minimum absolute atomic E-state index is 0.0167. The molecular weight excluding hydrogens is 324 g/mol. The van der Waals surface area contributed by atoms with Crippen molar-refractivity contribution in [3.05, 3.63) is 23.2 Å². The van der Waals surface area contributed by atoms with Crippen LogP contribution in [0.4, 0.5) is 11.4 Å². The number of hydrogen-bond donors (Lipinski definition) is 1. The number of hydrogen-bond acceptors (Lipinski definition) is 4. The van der Waals surface area contributed by atoms with Crippen molar-refractivity contribution in [2.24, 2.45) is 11.8 Å². The molecule has 2 aliphatic rings. The van der Waals surface area contributed by atoms with Gasteiger partial charge in [0, 0.05) is 44.8 Å². The van der Waals surface area contributed by atoms with Crippen molar-refractivity contribution < 1.29 is 4.79 Å². The number of carbonyl (C=O) groups excluding carboxylic acids is 1. The smallest absolute Gasteiger partial charge is 0.225 e. The summed E-state index contributed by atoms with van der Waals surface area (Å²) in [5.74, 6) is 0.345. The largest absolute Gasteiger partial charge is 0.387 e. The Bertz CT molecular complexity index is 649. The Balaban J connectivity index is 1.58. The van der Waals surface area contributed by atoms with Crippen molar-refractivity contribution in [1.29, 1.82) is 5.26 Å². The van der Waals surface area contributed by atoms with Gasteiger partial charge in [0.25, 0.3) is 0 Å². The summed E-state index contributed by atoms with van der Waals surface area (Å²) in [7, 11) is 1.86. The summed E-state index contributed by atoms with van der Waals surface area (Å²) in [5, 5.41) is 12.8. The zero-order chi connectivity index (χ0) is 17.1. The summed E-state index contributed by atoms with van der Waals surface area (Å²) in [6.45, 7) is 3.09. The van der Waals surface area contributed by atoms with Crippen LogP contribution in [0.3, 0.4) is 0 Å². The van der Waals surface area contributed by atoms with E-state index in [1.807, 2.05) is 24.1 Å². The maximum atomic E-state index is 12.6. The highest BCUT2D eigenvalue weighted by atomic mass is 35.5. The minimum atomic E-state index is 0.0167. The number of carbonyl (C=O) groups is 1. The number of anilines is 2. The van der Waals surface area contributed by atoms with Crippen molar-refractivity contribution in [2.75, 3.05) is 43.4 Å². The van der Waals surface area contributed by atoms with Gasteiger partial charge in [-0.15, -0.1) is 0 Å². The van der Waals surface area contributed by atoms with Gasteiger partial charge in [0.1, 0.15) is 0 Å². The summed E-state index contributed by atoms with van der Waals surface area (Å²) in [6.07, 6.45) is 2.55. The van der Waals surface area contributed by atoms with Crippen molar-refractivity contribution >= 4 is 28.9 Å². The molecule has 2 heterocycles. The van der Waals surface area contributed by atoms with Crippen molar-refractivity contribution in [3.63, 3.8) is 0 Å². The molecular formula is C18H23ClN4O. The average molecular weight is 347 g/mol. The lowest BCUT2D eigenvalue weighted by molar-refractivity contribution is -0.135. The number of likely N-dealkylation sites (tertiary alicyclic amines) is 1. The third-order valence-corrected chi connectivity index (χ3v) is 5.44. The van der Waals surface area contributed by atoms with Gasteiger partial charge in [-0.25, -0.2) is 0 Å². The van der Waals surface area contributed by atoms with E-state index in [1.54, 1.807) is 0 Å². The van der Waals surface area contributed by atoms with Crippen LogP contribution in [0.2, 0.25) is 5.02 Å². The number of nitrogens with zero attached hydrogens (tertiary/aromatic N) is 3. The van der Waals surface area contributed by atoms with Gasteiger partial charge in [-0.1, -0.05) is 11.6 Å². The summed E-state index contributed by atoms with van der Waals surface area (Å²) in [6, 6.07) is 8.27. The quantitative estimate of drug-likeness (QED) is 0.914. The molecule has 0 radical (unpaired) electrons. The molecule has 1 N–H and O–H groups in total. The lowest BCUT2D eigenvalue weighted by Crippen LogP contribution is -2.41. The van der Waals surface area contributed by atoms with Gasteiger partial charge < -0.3 is 15.1 Å². The van der Waals surface area contributed by atoms with Crippen molar-refractivity contribution in [3.8, 4) is 6.07 Å². The SMILES string of the molecule is CNc1cc(N2CCC(C(=O)N3CCC(C#N)C3)CC2)ccc1Cl. The molecule has 5 nitrogen and oxygen atoms in total. The zero-order valence-electron chi connectivity index (χ0n) is 14.0. The Labute approximate surface area is 148 Å². The van der Waals surface area contributed by atoms with Gasteiger partial charge in [0.05, 0.1) is 22.7 Å². The normalized spacial score (nSPS) is 21.6. The Morgan fingerprint density at radius 3 is 2.67 bits per heavy atom. The van der Waals surface area contributed by atoms with Crippen LogP contribution in [0.15, 0.2) is 18.2 Å². The number of rotatable bonds is 3. The third-order valence-electron chi connectivity index (χ3n) is 5.11. The molecule has 2 saturated heterocycles. The standard InChI is InChI=1S/C18H23ClN4O/c1-21-17-10-15(2-3-16(17)19)22-8-5-14(6-9-22)18(24)23-7-4-13(11-20)12-23/h2-3,10,13-14,21H,4-9,12H2,1H3. The van der Waals surface area contributed by atoms with Crippen LogP contribution >= 0.6 is 11.6 Å². The molecule has 3 rings (SSSR count). The molecule has 1 atom stereocenters. The number of halogens is 1. The van der Waals surface area contributed by atoms with Crippen LogP contribution in [-0.4, -0.2) is 44.0 Å². The van der Waals surface area contributed by atoms with E-state index in [9.17, 15) is 4.79 Å². The van der Waals surface area contributed by atoms with E-state index in [0.717, 1.165) is 50.3 Å². The highest BCUT2D eigenvalue weighted by Gasteiger charge is 2.32. The molecule has 1 unspecified atom stereocenters. The molecule has 1 aromatic rings. The van der Waals surface area contributed by atoms with Crippen LogP contribution in [0.5, 0.6) is 0 Å². The molecule has 0 bridgehead atoms. The first-order chi connectivity index (χ1) is 11.6. The first-order valence-electron chi connectivity index (χ1n) is 8.53. The highest BCUT2D eigenvalue weighted by molar-refractivity contribution is 6.33. The molecule has 0 saturated carbocycles. The summed E-state index contributed by atoms with van der Waals surface area (Å²) in [5.41, 5.74) is 2.06. The molecule has 6 heteroatoms. The fourth-order valence-electron chi connectivity index (χ4n) is 3.61. The summed E-state index contributed by atoms with van der Waals surface area (Å²) in [4.78, 5) is 16.8. The molecule has 2 aliphatic heterocycles. The van der Waals surface area contributed by atoms with Crippen LogP contribution in [0.1, 0.15) is 19.3 Å². The second-order valence-corrected chi connectivity index (χ2v) is 6.98. The lowest BCUT2D eigenvalue weighted by atomic mass is 9.95. The fourth-order valence-corrected chi connectivity index (χ4v) is 3.82. The van der Waals surface area contributed by atoms with Crippen LogP contribution in [-0.2, 0) is 4.79 Å². The lowest BCUT2D eigenvalue weighted by Gasteiger charge is -2.34. The predicted molar refractivity (Wildman–Crippen MR) is 96.2 cm³/mol. The second kappa shape index (κ2) is 7.31. The molecule has 0 aromatic heterocycles. The van der Waals surface area contributed by atoms with E-state index in [4.69, 9.17) is 16.9 Å². The number of piperidine rings is 1. The second-order valence-electron chi connectivity index (χ2n) is 6.57. The summed E-state index contributed by atoms with van der Waals surface area (Å²) >= 11 is 6.14. The van der Waals surface area contributed by atoms with Gasteiger partial charge >= 0.3 is 0 Å². The molecule has 2 fully saturated rings. The van der Waals surface area contributed by atoms with Gasteiger partial charge in [-0.2, -0.15) is 5.26 Å². The van der Waals surface area contributed by atoms with E-state index < -0.39 is 0 Å². The Kier molecular flexibility index (Phi) is 5.15. The number of nitrogens with one attached hydrogen (secondary N) is 1. The van der Waals surface area contributed by atoms with E-state index in [2.05, 4.69) is 22.4 Å². The fraction of sp³-hybridized carbons (Fsp3) is 0.556. The molecule has 24 heavy (non-hydrogen) atoms. The third kappa shape index (κ3) is 3.44. The number of amides is 1.